The van der Waals surface area contributed by atoms with Crippen molar-refractivity contribution >= 4 is 11.7 Å². The highest BCUT2D eigenvalue weighted by Crippen LogP contribution is 2.36. The fourth-order valence-electron chi connectivity index (χ4n) is 2.71. The van der Waals surface area contributed by atoms with Crippen LogP contribution in [0.2, 0.25) is 0 Å². The minimum atomic E-state index is -0.496. The van der Waals surface area contributed by atoms with E-state index in [1.165, 1.54) is 31.6 Å². The van der Waals surface area contributed by atoms with Gasteiger partial charge in [-0.25, -0.2) is 14.4 Å². The molecule has 1 heterocycles. The van der Waals surface area contributed by atoms with E-state index in [1.54, 1.807) is 12.1 Å². The predicted octanol–water partition coefficient (Wildman–Crippen LogP) is 3.12. The second-order valence-corrected chi connectivity index (χ2v) is 5.90. The number of nitrogens with one attached hydrogen (secondary N) is 1. The highest BCUT2D eigenvalue weighted by atomic mass is 19.1. The largest absolute Gasteiger partial charge is 0.494 e. The van der Waals surface area contributed by atoms with Crippen molar-refractivity contribution in [2.45, 2.75) is 12.8 Å². The first-order chi connectivity index (χ1) is 13.5. The first-order valence-corrected chi connectivity index (χ1v) is 8.48. The van der Waals surface area contributed by atoms with Gasteiger partial charge in [-0.1, -0.05) is 12.6 Å². The molecular formula is C20H19FN4O3. The molecule has 3 N–H and O–H groups in total. The lowest BCUT2D eigenvalue weighted by molar-refractivity contribution is -0.115. The number of nitrogens with zero attached hydrogens (tertiary/aromatic N) is 2. The molecule has 0 saturated carbocycles. The lowest BCUT2D eigenvalue weighted by Crippen LogP contribution is -2.21. The summed E-state index contributed by atoms with van der Waals surface area (Å²) < 4.78 is 24.7. The number of methoxy groups -OCH3 is 1. The number of ether oxygens (including phenoxy) is 2. The summed E-state index contributed by atoms with van der Waals surface area (Å²) in [5.74, 6) is 0.165. The summed E-state index contributed by atoms with van der Waals surface area (Å²) in [6.07, 6.45) is 7.40. The molecule has 1 aromatic heterocycles. The van der Waals surface area contributed by atoms with E-state index in [4.69, 9.17) is 15.2 Å². The number of carbonyl (C=O) groups excluding carboxylic acids is 1. The van der Waals surface area contributed by atoms with Crippen molar-refractivity contribution in [1.82, 2.24) is 15.3 Å². The van der Waals surface area contributed by atoms with Crippen LogP contribution in [0.15, 0.2) is 60.8 Å². The Balaban J connectivity index is 1.94. The third-order valence-electron chi connectivity index (χ3n) is 4.04. The molecule has 1 aliphatic carbocycles. The Morgan fingerprint density at radius 3 is 2.96 bits per heavy atom. The number of nitrogens with two attached hydrogens (primary N) is 1. The highest BCUT2D eigenvalue weighted by Gasteiger charge is 2.18. The number of anilines is 1. The Kier molecular flexibility index (Phi) is 5.69. The van der Waals surface area contributed by atoms with Crippen molar-refractivity contribution < 1.29 is 18.7 Å². The fourth-order valence-corrected chi connectivity index (χ4v) is 2.71. The van der Waals surface area contributed by atoms with Gasteiger partial charge in [0.2, 0.25) is 11.8 Å². The van der Waals surface area contributed by atoms with Crippen LogP contribution in [-0.2, 0) is 4.79 Å². The minimum Gasteiger partial charge on any atom is -0.494 e. The Morgan fingerprint density at radius 1 is 1.39 bits per heavy atom. The zero-order valence-electron chi connectivity index (χ0n) is 15.2. The molecule has 1 amide bonds. The monoisotopic (exact) mass is 382 g/mol. The number of nitrogen functional groups attached to an aromatic ring is 1. The van der Waals surface area contributed by atoms with Gasteiger partial charge >= 0.3 is 0 Å². The van der Waals surface area contributed by atoms with Gasteiger partial charge in [-0.05, 0) is 48.8 Å². The molecule has 3 rings (SSSR count). The van der Waals surface area contributed by atoms with Crippen molar-refractivity contribution in [1.29, 1.82) is 0 Å². The quantitative estimate of drug-likeness (QED) is 0.745. The molecule has 0 radical (unpaired) electrons. The van der Waals surface area contributed by atoms with Crippen LogP contribution in [0.3, 0.4) is 0 Å². The number of rotatable bonds is 6. The maximum absolute atomic E-state index is 13.8. The molecule has 1 aliphatic rings. The van der Waals surface area contributed by atoms with Gasteiger partial charge in [0.1, 0.15) is 17.9 Å². The van der Waals surface area contributed by atoms with E-state index in [9.17, 15) is 9.18 Å². The van der Waals surface area contributed by atoms with Crippen LogP contribution in [0.4, 0.5) is 10.2 Å². The Bertz CT molecular complexity index is 985. The topological polar surface area (TPSA) is 99.4 Å². The molecule has 0 spiro atoms. The van der Waals surface area contributed by atoms with Crippen molar-refractivity contribution in [3.05, 3.63) is 66.6 Å². The van der Waals surface area contributed by atoms with Gasteiger partial charge in [0, 0.05) is 5.70 Å². The summed E-state index contributed by atoms with van der Waals surface area (Å²) in [5, 5.41) is 2.73. The van der Waals surface area contributed by atoms with Crippen LogP contribution >= 0.6 is 0 Å². The van der Waals surface area contributed by atoms with E-state index in [0.29, 0.717) is 35.4 Å². The molecule has 7 nitrogen and oxygen atoms in total. The number of halogens is 1. The number of hydrogen-bond donors (Lipinski definition) is 2. The fraction of sp³-hybridized carbons (Fsp3) is 0.150. The molecular weight excluding hydrogens is 363 g/mol. The summed E-state index contributed by atoms with van der Waals surface area (Å²) in [7, 11) is 1.38. The van der Waals surface area contributed by atoms with Gasteiger partial charge in [-0.2, -0.15) is 0 Å². The summed E-state index contributed by atoms with van der Waals surface area (Å²) in [5.41, 5.74) is 7.70. The van der Waals surface area contributed by atoms with E-state index in [1.807, 2.05) is 6.08 Å². The van der Waals surface area contributed by atoms with Crippen LogP contribution < -0.4 is 20.5 Å². The minimum absolute atomic E-state index is 0.0675. The van der Waals surface area contributed by atoms with Crippen LogP contribution in [0.1, 0.15) is 12.8 Å². The molecule has 28 heavy (non-hydrogen) atoms. The molecule has 8 heteroatoms. The van der Waals surface area contributed by atoms with E-state index < -0.39 is 5.82 Å². The number of carbonyl (C=O) groups is 1. The predicted molar refractivity (Wildman–Crippen MR) is 103 cm³/mol. The van der Waals surface area contributed by atoms with Gasteiger partial charge in [-0.3, -0.25) is 4.79 Å². The van der Waals surface area contributed by atoms with E-state index in [-0.39, 0.29) is 23.4 Å². The smallest absolute Gasteiger partial charge is 0.247 e. The molecule has 2 aromatic rings. The average Bonchev–Trinajstić information content (AvgIpc) is 2.69. The molecule has 144 valence electrons. The number of aromatic nitrogens is 2. The third-order valence-corrected chi connectivity index (χ3v) is 4.04. The second kappa shape index (κ2) is 8.34. The summed E-state index contributed by atoms with van der Waals surface area (Å²) >= 11 is 0. The van der Waals surface area contributed by atoms with Gasteiger partial charge in [-0.15, -0.1) is 0 Å². The molecule has 0 fully saturated rings. The Labute approximate surface area is 161 Å². The van der Waals surface area contributed by atoms with Gasteiger partial charge < -0.3 is 20.5 Å². The zero-order valence-corrected chi connectivity index (χ0v) is 15.2. The van der Waals surface area contributed by atoms with E-state index in [2.05, 4.69) is 21.9 Å². The Morgan fingerprint density at radius 2 is 2.21 bits per heavy atom. The summed E-state index contributed by atoms with van der Waals surface area (Å²) in [6, 6.07) is 4.31. The molecule has 0 aliphatic heterocycles. The zero-order chi connectivity index (χ0) is 20.1. The molecule has 0 atom stereocenters. The Hall–Kier alpha value is -3.68. The van der Waals surface area contributed by atoms with Crippen LogP contribution in [0, 0.1) is 5.82 Å². The number of allylic oxidation sites excluding steroid dienone is 3. The van der Waals surface area contributed by atoms with Crippen LogP contribution in [0.5, 0.6) is 11.6 Å². The lowest BCUT2D eigenvalue weighted by Gasteiger charge is -2.17. The van der Waals surface area contributed by atoms with Crippen LogP contribution in [0.25, 0.3) is 11.1 Å². The normalized spacial score (nSPS) is 13.2. The van der Waals surface area contributed by atoms with Gasteiger partial charge in [0.15, 0.2) is 11.6 Å². The number of hydrogen-bond acceptors (Lipinski definition) is 6. The molecule has 0 saturated heterocycles. The SMILES string of the molecule is C=CC(=O)NC1=CC(Oc2ncnc(N)c2-c2ccc(F)c(OC)c2)=CCC1. The van der Waals surface area contributed by atoms with Crippen molar-refractivity contribution in [2.75, 3.05) is 12.8 Å². The molecule has 0 unspecified atom stereocenters. The highest BCUT2D eigenvalue weighted by molar-refractivity contribution is 5.88. The molecule has 0 bridgehead atoms. The second-order valence-electron chi connectivity index (χ2n) is 5.90. The summed E-state index contributed by atoms with van der Waals surface area (Å²) in [6.45, 7) is 3.44. The first kappa shape index (κ1) is 19.1. The standard InChI is InChI=1S/C20H19FN4O3/c1-3-17(26)25-13-5-4-6-14(10-13)28-20-18(19(22)23-11-24-20)12-7-8-15(21)16(9-12)27-2/h3,6-11H,1,4-5H2,2H3,(H,25,26)(H2,22,23,24). The maximum atomic E-state index is 13.8. The van der Waals surface area contributed by atoms with Crippen molar-refractivity contribution in [2.24, 2.45) is 0 Å². The van der Waals surface area contributed by atoms with Gasteiger partial charge in [0.05, 0.1) is 12.7 Å². The first-order valence-electron chi connectivity index (χ1n) is 8.48. The third kappa shape index (κ3) is 4.17. The van der Waals surface area contributed by atoms with Crippen molar-refractivity contribution in [3.63, 3.8) is 0 Å². The average molecular weight is 382 g/mol. The van der Waals surface area contributed by atoms with E-state index >= 15 is 0 Å². The van der Waals surface area contributed by atoms with Gasteiger partial charge in [0.25, 0.3) is 0 Å². The van der Waals surface area contributed by atoms with E-state index in [0.717, 1.165) is 0 Å². The molecule has 1 aromatic carbocycles. The van der Waals surface area contributed by atoms with Crippen molar-refractivity contribution in [3.8, 4) is 22.8 Å². The van der Waals surface area contributed by atoms with Crippen LogP contribution in [-0.4, -0.2) is 23.0 Å². The number of amides is 1. The summed E-state index contributed by atoms with van der Waals surface area (Å²) in [4.78, 5) is 19.7. The maximum Gasteiger partial charge on any atom is 0.247 e. The lowest BCUT2D eigenvalue weighted by atomic mass is 10.1. The number of benzene rings is 1.